The van der Waals surface area contributed by atoms with Crippen LogP contribution in [0.1, 0.15) is 56.5 Å². The van der Waals surface area contributed by atoms with E-state index < -0.39 is 0 Å². The number of fused-ring (bicyclic) bond motifs is 1. The number of nitrogens with zero attached hydrogens (tertiary/aromatic N) is 3. The second-order valence-corrected chi connectivity index (χ2v) is 8.15. The molecule has 2 aromatic carbocycles. The average Bonchev–Trinajstić information content (AvgIpc) is 3.21. The molecule has 6 nitrogen and oxygen atoms in total. The van der Waals surface area contributed by atoms with Crippen molar-refractivity contribution in [1.29, 1.82) is 0 Å². The lowest BCUT2D eigenvalue weighted by atomic mass is 10.1. The van der Waals surface area contributed by atoms with E-state index in [0.717, 1.165) is 48.1 Å². The molecule has 0 spiro atoms. The zero-order valence-corrected chi connectivity index (χ0v) is 19.4. The molecular formula is C26H32FN4O2. The van der Waals surface area contributed by atoms with Gasteiger partial charge >= 0.3 is 0 Å². The van der Waals surface area contributed by atoms with Gasteiger partial charge in [-0.3, -0.25) is 9.59 Å². The van der Waals surface area contributed by atoms with Crippen molar-refractivity contribution in [2.24, 2.45) is 0 Å². The molecule has 0 bridgehead atoms. The molecule has 1 N–H and O–H groups in total. The van der Waals surface area contributed by atoms with Crippen molar-refractivity contribution < 1.29 is 14.0 Å². The Morgan fingerprint density at radius 3 is 2.45 bits per heavy atom. The van der Waals surface area contributed by atoms with E-state index in [1.165, 1.54) is 12.1 Å². The maximum atomic E-state index is 13.2. The fraction of sp³-hybridized carbons (Fsp3) is 0.423. The number of aromatic nitrogens is 2. The summed E-state index contributed by atoms with van der Waals surface area (Å²) in [6.45, 7) is 5.70. The number of amides is 2. The summed E-state index contributed by atoms with van der Waals surface area (Å²) in [5.41, 5.74) is 3.76. The Kier molecular flexibility index (Phi) is 8.98. The van der Waals surface area contributed by atoms with Gasteiger partial charge in [-0.15, -0.1) is 0 Å². The summed E-state index contributed by atoms with van der Waals surface area (Å²) >= 11 is 0. The number of carbonyl (C=O) groups excluding carboxylic acids is 2. The minimum atomic E-state index is -0.260. The Balaban J connectivity index is 1.44. The number of hydrogen-bond acceptors (Lipinski definition) is 3. The molecule has 7 heteroatoms. The highest BCUT2D eigenvalue weighted by Crippen LogP contribution is 2.16. The van der Waals surface area contributed by atoms with Gasteiger partial charge in [-0.2, -0.15) is 0 Å². The molecule has 0 saturated carbocycles. The van der Waals surface area contributed by atoms with Crippen molar-refractivity contribution in [3.05, 3.63) is 65.2 Å². The highest BCUT2D eigenvalue weighted by atomic mass is 19.1. The molecule has 0 aliphatic rings. The molecule has 1 heterocycles. The molecule has 33 heavy (non-hydrogen) atoms. The Morgan fingerprint density at radius 1 is 1.00 bits per heavy atom. The van der Waals surface area contributed by atoms with E-state index in [2.05, 4.69) is 15.3 Å². The Labute approximate surface area is 194 Å². The largest absolute Gasteiger partial charge is 0.343 e. The molecule has 0 aliphatic heterocycles. The van der Waals surface area contributed by atoms with Crippen LogP contribution in [-0.4, -0.2) is 39.8 Å². The minimum absolute atomic E-state index is 0.176. The van der Waals surface area contributed by atoms with Gasteiger partial charge in [0.15, 0.2) is 0 Å². The average molecular weight is 452 g/mol. The smallest absolute Gasteiger partial charge is 0.241 e. The van der Waals surface area contributed by atoms with Gasteiger partial charge in [0, 0.05) is 25.9 Å². The number of halogens is 1. The third kappa shape index (κ3) is 7.41. The minimum Gasteiger partial charge on any atom is -0.343 e. The lowest BCUT2D eigenvalue weighted by Crippen LogP contribution is -2.30. The number of carbonyl (C=O) groups is 2. The van der Waals surface area contributed by atoms with E-state index in [9.17, 15) is 14.0 Å². The number of aromatic amines is 1. The molecule has 3 aromatic rings. The van der Waals surface area contributed by atoms with Crippen LogP contribution in [0.2, 0.25) is 0 Å². The summed E-state index contributed by atoms with van der Waals surface area (Å²) in [7, 11) is 0. The Hall–Kier alpha value is -3.22. The Bertz CT molecular complexity index is 1080. The number of H-pyrrole nitrogens is 1. The topological polar surface area (TPSA) is 80.2 Å². The summed E-state index contributed by atoms with van der Waals surface area (Å²) in [6.07, 6.45) is 3.77. The number of rotatable bonds is 12. The van der Waals surface area contributed by atoms with Gasteiger partial charge < -0.3 is 9.88 Å². The van der Waals surface area contributed by atoms with E-state index >= 15 is 0 Å². The number of hydrogen-bond donors (Lipinski definition) is 1. The van der Waals surface area contributed by atoms with Crippen molar-refractivity contribution in [3.63, 3.8) is 0 Å². The molecular weight excluding hydrogens is 419 g/mol. The van der Waals surface area contributed by atoms with Crippen LogP contribution in [0.25, 0.3) is 11.0 Å². The second kappa shape index (κ2) is 12.1. The molecule has 1 radical (unpaired) electrons. The van der Waals surface area contributed by atoms with Crippen LogP contribution < -0.4 is 5.32 Å². The monoisotopic (exact) mass is 451 g/mol. The standard InChI is InChI=1S/C26H32FN4O2/c1-3-31(4-2)26(33)13-7-10-20-14-15-22-23(17-20)30-24(29-22)18-28-25(32)12-6-9-19-8-5-11-21(27)16-19/h5,8,11,14-17H,3-4,6-7,9-10,12-13,18H2,1-2H3,(H,29,30). The normalized spacial score (nSPS) is 11.0. The van der Waals surface area contributed by atoms with Crippen molar-refractivity contribution in [1.82, 2.24) is 20.2 Å². The maximum absolute atomic E-state index is 13.2. The number of aryl methyl sites for hydroxylation is 2. The molecule has 0 unspecified atom stereocenters. The van der Waals surface area contributed by atoms with Gasteiger partial charge in [0.2, 0.25) is 11.8 Å². The van der Waals surface area contributed by atoms with Crippen LogP contribution >= 0.6 is 0 Å². The number of imidazole rings is 1. The molecule has 0 atom stereocenters. The third-order valence-corrected chi connectivity index (χ3v) is 5.72. The summed E-state index contributed by atoms with van der Waals surface area (Å²) in [5, 5.41) is 4.11. The zero-order valence-electron chi connectivity index (χ0n) is 19.4. The van der Waals surface area contributed by atoms with Crippen molar-refractivity contribution in [3.8, 4) is 0 Å². The van der Waals surface area contributed by atoms with E-state index in [-0.39, 0.29) is 24.2 Å². The van der Waals surface area contributed by atoms with E-state index in [1.54, 1.807) is 6.07 Å². The third-order valence-electron chi connectivity index (χ3n) is 5.72. The first-order valence-corrected chi connectivity index (χ1v) is 11.7. The first-order valence-electron chi connectivity index (χ1n) is 11.7. The van der Waals surface area contributed by atoms with E-state index in [1.807, 2.05) is 43.0 Å². The zero-order chi connectivity index (χ0) is 23.6. The first kappa shape index (κ1) is 24.4. The van der Waals surface area contributed by atoms with Crippen LogP contribution in [0.3, 0.4) is 0 Å². The summed E-state index contributed by atoms with van der Waals surface area (Å²) in [6, 6.07) is 12.5. The lowest BCUT2D eigenvalue weighted by Gasteiger charge is -2.18. The maximum Gasteiger partial charge on any atom is 0.241 e. The quantitative estimate of drug-likeness (QED) is 0.439. The van der Waals surface area contributed by atoms with Gasteiger partial charge in [0.25, 0.3) is 0 Å². The highest BCUT2D eigenvalue weighted by Gasteiger charge is 2.10. The predicted molar refractivity (Wildman–Crippen MR) is 127 cm³/mol. The van der Waals surface area contributed by atoms with E-state index in [0.29, 0.717) is 31.5 Å². The Morgan fingerprint density at radius 2 is 1.73 bits per heavy atom. The summed E-state index contributed by atoms with van der Waals surface area (Å²) in [4.78, 5) is 33.9. The van der Waals surface area contributed by atoms with Gasteiger partial charge in [-0.05, 0) is 74.9 Å². The van der Waals surface area contributed by atoms with Crippen LogP contribution in [-0.2, 0) is 29.0 Å². The van der Waals surface area contributed by atoms with Gasteiger partial charge in [0.05, 0.1) is 11.0 Å². The number of benzene rings is 2. The fourth-order valence-electron chi connectivity index (χ4n) is 3.89. The van der Waals surface area contributed by atoms with Crippen LogP contribution in [0.15, 0.2) is 42.5 Å². The molecule has 3 rings (SSSR count). The molecule has 0 aliphatic carbocycles. The predicted octanol–water partition coefficient (Wildman–Crippen LogP) is 4.55. The first-order chi connectivity index (χ1) is 16.0. The van der Waals surface area contributed by atoms with Gasteiger partial charge in [0.1, 0.15) is 18.2 Å². The molecule has 175 valence electrons. The summed E-state index contributed by atoms with van der Waals surface area (Å²) in [5.74, 6) is 0.415. The van der Waals surface area contributed by atoms with Crippen LogP contribution in [0.4, 0.5) is 4.39 Å². The summed E-state index contributed by atoms with van der Waals surface area (Å²) < 4.78 is 13.2. The molecule has 2 amide bonds. The highest BCUT2D eigenvalue weighted by molar-refractivity contribution is 5.77. The van der Waals surface area contributed by atoms with Crippen LogP contribution in [0.5, 0.6) is 0 Å². The molecule has 0 saturated heterocycles. The van der Waals surface area contributed by atoms with Crippen molar-refractivity contribution >= 4 is 22.8 Å². The van der Waals surface area contributed by atoms with Crippen LogP contribution in [0, 0.1) is 5.82 Å². The van der Waals surface area contributed by atoms with Gasteiger partial charge in [-0.25, -0.2) is 14.7 Å². The van der Waals surface area contributed by atoms with E-state index in [4.69, 9.17) is 0 Å². The number of nitrogens with one attached hydrogen (secondary N) is 1. The fourth-order valence-corrected chi connectivity index (χ4v) is 3.89. The van der Waals surface area contributed by atoms with Gasteiger partial charge in [-0.1, -0.05) is 18.2 Å². The lowest BCUT2D eigenvalue weighted by molar-refractivity contribution is -0.130. The van der Waals surface area contributed by atoms with Crippen molar-refractivity contribution in [2.75, 3.05) is 13.1 Å². The molecule has 1 aromatic heterocycles. The second-order valence-electron chi connectivity index (χ2n) is 8.15. The molecule has 0 fully saturated rings. The van der Waals surface area contributed by atoms with Crippen molar-refractivity contribution in [2.45, 2.75) is 58.9 Å². The SMILES string of the molecule is CCN(CC)C(=O)CCCc1ccc2[nH]c(C[N]C(=O)CCCc3cccc(F)c3)nc2c1.